The van der Waals surface area contributed by atoms with E-state index >= 15 is 0 Å². The molecule has 0 spiro atoms. The Balaban J connectivity index is 2.04. The molecule has 0 aromatic heterocycles. The van der Waals surface area contributed by atoms with Crippen LogP contribution in [0.2, 0.25) is 0 Å². The fourth-order valence-electron chi connectivity index (χ4n) is 3.07. The van der Waals surface area contributed by atoms with Crippen LogP contribution < -0.4 is 0 Å². The topological polar surface area (TPSA) is 0 Å². The van der Waals surface area contributed by atoms with Gasteiger partial charge in [0.05, 0.1) is 5.38 Å². The van der Waals surface area contributed by atoms with Gasteiger partial charge >= 0.3 is 0 Å². The van der Waals surface area contributed by atoms with E-state index in [9.17, 15) is 0 Å². The second kappa shape index (κ2) is 6.10. The average Bonchev–Trinajstić information content (AvgIpc) is 2.84. The highest BCUT2D eigenvalue weighted by molar-refractivity contribution is 6.21. The van der Waals surface area contributed by atoms with Gasteiger partial charge in [-0.25, -0.2) is 0 Å². The van der Waals surface area contributed by atoms with E-state index in [0.717, 1.165) is 0 Å². The summed E-state index contributed by atoms with van der Waals surface area (Å²) >= 11 is 6.71. The van der Waals surface area contributed by atoms with Gasteiger partial charge in [-0.1, -0.05) is 57.4 Å². The third-order valence-electron chi connectivity index (χ3n) is 4.45. The van der Waals surface area contributed by atoms with E-state index in [0.29, 0.717) is 5.41 Å². The third-order valence-corrected chi connectivity index (χ3v) is 5.23. The number of alkyl halides is 1. The summed E-state index contributed by atoms with van der Waals surface area (Å²) in [7, 11) is 0. The number of halogens is 1. The number of unbranched alkanes of at least 4 members (excludes halogenated alkanes) is 1. The Morgan fingerprint density at radius 1 is 1.17 bits per heavy atom. The molecule has 1 unspecified atom stereocenters. The minimum Gasteiger partial charge on any atom is -0.117 e. The van der Waals surface area contributed by atoms with Gasteiger partial charge in [-0.3, -0.25) is 0 Å². The van der Waals surface area contributed by atoms with Gasteiger partial charge in [0.15, 0.2) is 0 Å². The molecule has 18 heavy (non-hydrogen) atoms. The zero-order valence-electron chi connectivity index (χ0n) is 11.7. The second-order valence-electron chi connectivity index (χ2n) is 6.07. The maximum absolute atomic E-state index is 6.71. The van der Waals surface area contributed by atoms with Gasteiger partial charge in [0.2, 0.25) is 0 Å². The molecule has 1 aromatic rings. The van der Waals surface area contributed by atoms with Gasteiger partial charge in [-0.05, 0) is 42.2 Å². The van der Waals surface area contributed by atoms with E-state index in [1.54, 1.807) is 0 Å². The SMILES string of the molecule is CCCCc1ccc(C(Cl)C2(C)CCCC2)cc1. The van der Waals surface area contributed by atoms with Crippen LogP contribution in [0.15, 0.2) is 24.3 Å². The molecule has 1 aliphatic carbocycles. The molecule has 1 aliphatic rings. The van der Waals surface area contributed by atoms with Crippen molar-refractivity contribution in [1.29, 1.82) is 0 Å². The lowest BCUT2D eigenvalue weighted by Crippen LogP contribution is -2.17. The molecule has 1 heteroatoms. The Bertz CT molecular complexity index is 360. The van der Waals surface area contributed by atoms with Gasteiger partial charge in [0.1, 0.15) is 0 Å². The van der Waals surface area contributed by atoms with Crippen molar-refractivity contribution in [2.45, 2.75) is 64.2 Å². The predicted octanol–water partition coefficient (Wildman–Crippen LogP) is 5.89. The van der Waals surface area contributed by atoms with Crippen LogP contribution in [-0.4, -0.2) is 0 Å². The molecule has 0 saturated heterocycles. The predicted molar refractivity (Wildman–Crippen MR) is 80.2 cm³/mol. The minimum absolute atomic E-state index is 0.181. The van der Waals surface area contributed by atoms with E-state index in [-0.39, 0.29) is 5.38 Å². The van der Waals surface area contributed by atoms with E-state index in [4.69, 9.17) is 11.6 Å². The van der Waals surface area contributed by atoms with E-state index in [1.165, 1.54) is 56.1 Å². The maximum atomic E-state index is 6.71. The lowest BCUT2D eigenvalue weighted by Gasteiger charge is -2.29. The summed E-state index contributed by atoms with van der Waals surface area (Å²) in [6.45, 7) is 4.59. The first-order chi connectivity index (χ1) is 8.65. The van der Waals surface area contributed by atoms with Crippen LogP contribution in [0.1, 0.15) is 68.9 Å². The molecule has 0 N–H and O–H groups in total. The lowest BCUT2D eigenvalue weighted by molar-refractivity contribution is 0.322. The van der Waals surface area contributed by atoms with Crippen molar-refractivity contribution in [3.05, 3.63) is 35.4 Å². The van der Waals surface area contributed by atoms with E-state index < -0.39 is 0 Å². The number of rotatable bonds is 5. The number of hydrogen-bond donors (Lipinski definition) is 0. The van der Waals surface area contributed by atoms with E-state index in [2.05, 4.69) is 38.1 Å². The third kappa shape index (κ3) is 3.09. The summed E-state index contributed by atoms with van der Waals surface area (Å²) in [5.41, 5.74) is 3.06. The van der Waals surface area contributed by atoms with Crippen molar-refractivity contribution >= 4 is 11.6 Å². The van der Waals surface area contributed by atoms with Crippen molar-refractivity contribution in [2.75, 3.05) is 0 Å². The van der Waals surface area contributed by atoms with Gasteiger partial charge in [-0.2, -0.15) is 0 Å². The van der Waals surface area contributed by atoms with Crippen LogP contribution in [0.5, 0.6) is 0 Å². The maximum Gasteiger partial charge on any atom is 0.0638 e. The largest absolute Gasteiger partial charge is 0.117 e. The van der Waals surface area contributed by atoms with Crippen LogP contribution in [0.3, 0.4) is 0 Å². The molecule has 0 amide bonds. The Hall–Kier alpha value is -0.490. The smallest absolute Gasteiger partial charge is 0.0638 e. The summed E-state index contributed by atoms with van der Waals surface area (Å²) in [5.74, 6) is 0. The molecule has 100 valence electrons. The lowest BCUT2D eigenvalue weighted by atomic mass is 9.81. The quantitative estimate of drug-likeness (QED) is 0.582. The van der Waals surface area contributed by atoms with Crippen LogP contribution in [0.25, 0.3) is 0 Å². The molecule has 2 rings (SSSR count). The summed E-state index contributed by atoms with van der Waals surface area (Å²) in [6, 6.07) is 9.01. The van der Waals surface area contributed by atoms with Crippen molar-refractivity contribution in [3.63, 3.8) is 0 Å². The van der Waals surface area contributed by atoms with Gasteiger partial charge < -0.3 is 0 Å². The van der Waals surface area contributed by atoms with Crippen molar-refractivity contribution in [1.82, 2.24) is 0 Å². The molecule has 0 nitrogen and oxygen atoms in total. The van der Waals surface area contributed by atoms with Crippen LogP contribution >= 0.6 is 11.6 Å². The fraction of sp³-hybridized carbons (Fsp3) is 0.647. The molecule has 1 fully saturated rings. The first kappa shape index (κ1) is 13.9. The fourth-order valence-corrected chi connectivity index (χ4v) is 3.44. The first-order valence-corrected chi connectivity index (χ1v) is 7.82. The highest BCUT2D eigenvalue weighted by atomic mass is 35.5. The molecule has 0 heterocycles. The first-order valence-electron chi connectivity index (χ1n) is 7.38. The normalized spacial score (nSPS) is 19.9. The number of aryl methyl sites for hydroxylation is 1. The van der Waals surface area contributed by atoms with Crippen molar-refractivity contribution < 1.29 is 0 Å². The summed E-state index contributed by atoms with van der Waals surface area (Å²) < 4.78 is 0. The van der Waals surface area contributed by atoms with E-state index in [1.807, 2.05) is 0 Å². The average molecular weight is 265 g/mol. The number of benzene rings is 1. The molecule has 0 bridgehead atoms. The molecule has 1 saturated carbocycles. The zero-order valence-corrected chi connectivity index (χ0v) is 12.5. The van der Waals surface area contributed by atoms with Gasteiger partial charge in [0.25, 0.3) is 0 Å². The summed E-state index contributed by atoms with van der Waals surface area (Å²) in [5, 5.41) is 0.181. The highest BCUT2D eigenvalue weighted by Crippen LogP contribution is 2.50. The summed E-state index contributed by atoms with van der Waals surface area (Å²) in [6.07, 6.45) is 8.97. The Morgan fingerprint density at radius 2 is 1.78 bits per heavy atom. The minimum atomic E-state index is 0.181. The monoisotopic (exact) mass is 264 g/mol. The Kier molecular flexibility index (Phi) is 4.72. The second-order valence-corrected chi connectivity index (χ2v) is 6.51. The van der Waals surface area contributed by atoms with Gasteiger partial charge in [0, 0.05) is 0 Å². The molecule has 0 aliphatic heterocycles. The Labute approximate surface area is 117 Å². The highest BCUT2D eigenvalue weighted by Gasteiger charge is 2.36. The molecule has 1 aromatic carbocycles. The molecular weight excluding hydrogens is 240 g/mol. The zero-order chi connectivity index (χ0) is 13.0. The van der Waals surface area contributed by atoms with Crippen LogP contribution in [0, 0.1) is 5.41 Å². The standard InChI is InChI=1S/C17H25Cl/c1-3-4-7-14-8-10-15(11-9-14)16(18)17(2)12-5-6-13-17/h8-11,16H,3-7,12-13H2,1-2H3. The molecule has 1 atom stereocenters. The molecular formula is C17H25Cl. The van der Waals surface area contributed by atoms with Crippen molar-refractivity contribution in [3.8, 4) is 0 Å². The number of hydrogen-bond acceptors (Lipinski definition) is 0. The van der Waals surface area contributed by atoms with Gasteiger partial charge in [-0.15, -0.1) is 11.6 Å². The van der Waals surface area contributed by atoms with Crippen LogP contribution in [0.4, 0.5) is 0 Å². The van der Waals surface area contributed by atoms with Crippen molar-refractivity contribution in [2.24, 2.45) is 5.41 Å². The molecule has 0 radical (unpaired) electrons. The summed E-state index contributed by atoms with van der Waals surface area (Å²) in [4.78, 5) is 0. The Morgan fingerprint density at radius 3 is 2.33 bits per heavy atom. The van der Waals surface area contributed by atoms with Crippen LogP contribution in [-0.2, 0) is 6.42 Å².